The topological polar surface area (TPSA) is 99.1 Å². The number of hydrogen-bond acceptors (Lipinski definition) is 7. The van der Waals surface area contributed by atoms with Crippen LogP contribution >= 0.6 is 0 Å². The second kappa shape index (κ2) is 5.71. The third-order valence-corrected chi connectivity index (χ3v) is 4.99. The van der Waals surface area contributed by atoms with Crippen molar-refractivity contribution >= 4 is 43.5 Å². The maximum absolute atomic E-state index is 12.9. The molecule has 0 radical (unpaired) electrons. The molecule has 0 unspecified atom stereocenters. The zero-order valence-electron chi connectivity index (χ0n) is 15.0. The lowest BCUT2D eigenvalue weighted by Gasteiger charge is -2.14. The molecule has 0 saturated carbocycles. The Bertz CT molecular complexity index is 1510. The van der Waals surface area contributed by atoms with Crippen molar-refractivity contribution in [2.24, 2.45) is 0 Å². The van der Waals surface area contributed by atoms with Crippen molar-refractivity contribution in [2.45, 2.75) is 6.92 Å². The van der Waals surface area contributed by atoms with E-state index in [-0.39, 0.29) is 40.2 Å². The smallest absolute Gasteiger partial charge is 0.348 e. The van der Waals surface area contributed by atoms with Gasteiger partial charge in [0.1, 0.15) is 33.4 Å². The molecule has 0 aliphatic carbocycles. The minimum Gasteiger partial charge on any atom is -0.506 e. The molecule has 0 saturated heterocycles. The molecule has 7 nitrogen and oxygen atoms in total. The fourth-order valence-corrected chi connectivity index (χ4v) is 3.84. The van der Waals surface area contributed by atoms with E-state index in [1.54, 1.807) is 18.2 Å². The third-order valence-electron chi connectivity index (χ3n) is 4.99. The maximum Gasteiger partial charge on any atom is 0.348 e. The van der Waals surface area contributed by atoms with Crippen LogP contribution in [0.25, 0.3) is 43.5 Å². The summed E-state index contributed by atoms with van der Waals surface area (Å²) in [6.45, 7) is 1.77. The summed E-state index contributed by atoms with van der Waals surface area (Å²) in [6.07, 6.45) is 0. The first-order valence-corrected chi connectivity index (χ1v) is 8.54. The van der Waals surface area contributed by atoms with Gasteiger partial charge in [0, 0.05) is 28.7 Å². The predicted molar refractivity (Wildman–Crippen MR) is 104 cm³/mol. The van der Waals surface area contributed by atoms with Gasteiger partial charge in [-0.1, -0.05) is 18.2 Å². The van der Waals surface area contributed by atoms with Gasteiger partial charge in [0.2, 0.25) is 0 Å². The lowest BCUT2D eigenvalue weighted by Crippen LogP contribution is -2.09. The van der Waals surface area contributed by atoms with Gasteiger partial charge in [0.05, 0.1) is 0 Å². The van der Waals surface area contributed by atoms with E-state index in [1.807, 2.05) is 13.0 Å². The molecule has 0 aliphatic rings. The predicted octanol–water partition coefficient (Wildman–Crippen LogP) is 3.64. The van der Waals surface area contributed by atoms with Gasteiger partial charge in [0.25, 0.3) is 0 Å². The zero-order valence-corrected chi connectivity index (χ0v) is 15.0. The molecular formula is C21H14O7. The molecule has 0 spiro atoms. The first kappa shape index (κ1) is 16.6. The maximum atomic E-state index is 12.9. The molecule has 0 fully saturated rings. The summed E-state index contributed by atoms with van der Waals surface area (Å²) in [6, 6.07) is 8.33. The number of methoxy groups -OCH3 is 1. The quantitative estimate of drug-likeness (QED) is 0.221. The van der Waals surface area contributed by atoms with E-state index in [9.17, 15) is 14.7 Å². The normalized spacial score (nSPS) is 11.9. The van der Waals surface area contributed by atoms with Gasteiger partial charge in [-0.15, -0.1) is 0 Å². The van der Waals surface area contributed by atoms with Crippen LogP contribution in [0.5, 0.6) is 11.5 Å². The summed E-state index contributed by atoms with van der Waals surface area (Å²) < 4.78 is 21.5. The molecule has 140 valence electrons. The summed E-state index contributed by atoms with van der Waals surface area (Å²) >= 11 is 0. The van der Waals surface area contributed by atoms with Crippen molar-refractivity contribution in [1.82, 2.24) is 0 Å². The first-order chi connectivity index (χ1) is 13.5. The Balaban J connectivity index is 2.15. The van der Waals surface area contributed by atoms with Gasteiger partial charge in [0.15, 0.2) is 6.79 Å². The summed E-state index contributed by atoms with van der Waals surface area (Å²) in [4.78, 5) is 25.5. The van der Waals surface area contributed by atoms with E-state index in [0.29, 0.717) is 21.5 Å². The van der Waals surface area contributed by atoms with Crippen LogP contribution in [-0.2, 0) is 4.74 Å². The van der Waals surface area contributed by atoms with Crippen LogP contribution in [0.2, 0.25) is 0 Å². The van der Waals surface area contributed by atoms with Gasteiger partial charge in [-0.3, -0.25) is 0 Å². The summed E-state index contributed by atoms with van der Waals surface area (Å²) in [5.74, 6) is 0.0322. The molecule has 0 bridgehead atoms. The van der Waals surface area contributed by atoms with E-state index >= 15 is 0 Å². The fourth-order valence-electron chi connectivity index (χ4n) is 3.84. The van der Waals surface area contributed by atoms with E-state index in [0.717, 1.165) is 5.56 Å². The molecule has 2 aromatic heterocycles. The molecule has 3 aromatic carbocycles. The Hall–Kier alpha value is -3.58. The molecule has 2 heterocycles. The SMILES string of the molecule is COCOc1ccc2oc(=O)c3c(O)c4cccc(C)c4c4oc(=O)c1c2c34. The van der Waals surface area contributed by atoms with Crippen molar-refractivity contribution in [3.05, 3.63) is 56.7 Å². The van der Waals surface area contributed by atoms with Crippen LogP contribution < -0.4 is 16.0 Å². The van der Waals surface area contributed by atoms with E-state index in [2.05, 4.69) is 0 Å². The second-order valence-electron chi connectivity index (χ2n) is 6.57. The molecule has 0 aliphatic heterocycles. The van der Waals surface area contributed by atoms with Crippen molar-refractivity contribution in [3.63, 3.8) is 0 Å². The van der Waals surface area contributed by atoms with Crippen molar-refractivity contribution in [1.29, 1.82) is 0 Å². The van der Waals surface area contributed by atoms with E-state index < -0.39 is 11.3 Å². The lowest BCUT2D eigenvalue weighted by molar-refractivity contribution is 0.0521. The molecule has 1 N–H and O–H groups in total. The van der Waals surface area contributed by atoms with Crippen LogP contribution in [0, 0.1) is 6.92 Å². The molecule has 28 heavy (non-hydrogen) atoms. The van der Waals surface area contributed by atoms with Crippen LogP contribution in [0.4, 0.5) is 0 Å². The standard InChI is InChI=1S/C21H14O7/c1-9-4-3-5-10-13(9)19-16-14-12(27-21(24)17(16)18(10)22)7-6-11(26-8-25-2)15(14)20(23)28-19/h3-7,22H,8H2,1-2H3. The van der Waals surface area contributed by atoms with E-state index in [4.69, 9.17) is 18.3 Å². The average Bonchev–Trinajstić information content (AvgIpc) is 2.68. The fraction of sp³-hybridized carbons (Fsp3) is 0.143. The highest BCUT2D eigenvalue weighted by Gasteiger charge is 2.25. The highest BCUT2D eigenvalue weighted by atomic mass is 16.7. The van der Waals surface area contributed by atoms with Gasteiger partial charge >= 0.3 is 11.3 Å². The summed E-state index contributed by atoms with van der Waals surface area (Å²) in [5, 5.41) is 12.6. The number of benzene rings is 3. The zero-order chi connectivity index (χ0) is 19.6. The van der Waals surface area contributed by atoms with Gasteiger partial charge in [-0.25, -0.2) is 9.59 Å². The van der Waals surface area contributed by atoms with Crippen molar-refractivity contribution in [2.75, 3.05) is 13.9 Å². The molecule has 5 aromatic rings. The monoisotopic (exact) mass is 378 g/mol. The molecule has 0 amide bonds. The number of phenols is 1. The van der Waals surface area contributed by atoms with Crippen LogP contribution in [-0.4, -0.2) is 19.0 Å². The third kappa shape index (κ3) is 2.02. The Kier molecular flexibility index (Phi) is 3.38. The Morgan fingerprint density at radius 1 is 0.929 bits per heavy atom. The Morgan fingerprint density at radius 3 is 2.50 bits per heavy atom. The van der Waals surface area contributed by atoms with Crippen LogP contribution in [0.15, 0.2) is 48.8 Å². The highest BCUT2D eigenvalue weighted by Crippen LogP contribution is 2.43. The second-order valence-corrected chi connectivity index (χ2v) is 6.57. The van der Waals surface area contributed by atoms with Crippen LogP contribution in [0.1, 0.15) is 5.56 Å². The van der Waals surface area contributed by atoms with Gasteiger partial charge in [-0.2, -0.15) is 0 Å². The summed E-state index contributed by atoms with van der Waals surface area (Å²) in [7, 11) is 1.46. The van der Waals surface area contributed by atoms with E-state index in [1.165, 1.54) is 13.2 Å². The minimum absolute atomic E-state index is 0.0294. The minimum atomic E-state index is -0.709. The molecule has 0 atom stereocenters. The number of phenolic OH excluding ortho intramolecular Hbond substituents is 1. The lowest BCUT2D eigenvalue weighted by atomic mass is 9.95. The van der Waals surface area contributed by atoms with Gasteiger partial charge < -0.3 is 23.4 Å². The average molecular weight is 378 g/mol. The Morgan fingerprint density at radius 2 is 1.71 bits per heavy atom. The number of ether oxygens (including phenoxy) is 2. The number of fused-ring (bicyclic) bond motifs is 2. The number of aryl methyl sites for hydroxylation is 1. The Labute approximate surface area is 156 Å². The largest absolute Gasteiger partial charge is 0.506 e. The van der Waals surface area contributed by atoms with Gasteiger partial charge in [-0.05, 0) is 24.6 Å². The number of hydrogen-bond donors (Lipinski definition) is 1. The number of aromatic hydroxyl groups is 1. The summed E-state index contributed by atoms with van der Waals surface area (Å²) in [5.41, 5.74) is -0.0921. The first-order valence-electron chi connectivity index (χ1n) is 8.54. The number of rotatable bonds is 3. The van der Waals surface area contributed by atoms with Crippen molar-refractivity contribution in [3.8, 4) is 11.5 Å². The molecule has 5 rings (SSSR count). The molecular weight excluding hydrogens is 364 g/mol. The van der Waals surface area contributed by atoms with Crippen LogP contribution in [0.3, 0.4) is 0 Å². The highest BCUT2D eigenvalue weighted by molar-refractivity contribution is 6.28. The van der Waals surface area contributed by atoms with Crippen molar-refractivity contribution < 1.29 is 23.4 Å². The molecule has 7 heteroatoms.